The van der Waals surface area contributed by atoms with Crippen LogP contribution in [0.25, 0.3) is 0 Å². The van der Waals surface area contributed by atoms with Crippen LogP contribution in [0.5, 0.6) is 0 Å². The van der Waals surface area contributed by atoms with E-state index >= 15 is 0 Å². The minimum Gasteiger partial charge on any atom is -0.481 e. The highest BCUT2D eigenvalue weighted by Crippen LogP contribution is 2.29. The lowest BCUT2D eigenvalue weighted by molar-refractivity contribution is -0.143. The van der Waals surface area contributed by atoms with Crippen molar-refractivity contribution in [3.05, 3.63) is 35.4 Å². The van der Waals surface area contributed by atoms with E-state index < -0.39 is 5.97 Å². The molecular weight excluding hydrogens is 216 g/mol. The zero-order valence-corrected chi connectivity index (χ0v) is 9.73. The normalized spacial score (nSPS) is 24.5. The lowest BCUT2D eigenvalue weighted by Crippen LogP contribution is -2.38. The molecule has 0 aliphatic carbocycles. The van der Waals surface area contributed by atoms with Gasteiger partial charge in [-0.1, -0.05) is 24.3 Å². The average Bonchev–Trinajstić information content (AvgIpc) is 2.39. The van der Waals surface area contributed by atoms with Gasteiger partial charge in [-0.05, 0) is 24.1 Å². The minimum absolute atomic E-state index is 0.0630. The summed E-state index contributed by atoms with van der Waals surface area (Å²) in [7, 11) is 0. The number of nitrogens with two attached hydrogens (primary N) is 1. The van der Waals surface area contributed by atoms with Gasteiger partial charge in [-0.2, -0.15) is 0 Å². The SMILES string of the molecule is NCc1ccc(C2CNCCC2C(=O)O)cc1. The summed E-state index contributed by atoms with van der Waals surface area (Å²) >= 11 is 0. The fourth-order valence-electron chi connectivity index (χ4n) is 2.41. The maximum Gasteiger partial charge on any atom is 0.307 e. The van der Waals surface area contributed by atoms with Crippen LogP contribution < -0.4 is 11.1 Å². The molecule has 0 saturated carbocycles. The number of carbonyl (C=O) groups is 1. The van der Waals surface area contributed by atoms with Crippen LogP contribution in [0.4, 0.5) is 0 Å². The standard InChI is InChI=1S/C13H18N2O2/c14-7-9-1-3-10(4-2-9)12-8-15-6-5-11(12)13(16)17/h1-4,11-12,15H,5-8,14H2,(H,16,17). The van der Waals surface area contributed by atoms with Crippen molar-refractivity contribution >= 4 is 5.97 Å². The average molecular weight is 234 g/mol. The number of hydrogen-bond acceptors (Lipinski definition) is 3. The summed E-state index contributed by atoms with van der Waals surface area (Å²) in [6, 6.07) is 7.94. The topological polar surface area (TPSA) is 75.3 Å². The molecule has 1 aromatic rings. The molecule has 4 heteroatoms. The van der Waals surface area contributed by atoms with E-state index in [0.717, 1.165) is 24.2 Å². The number of carboxylic acids is 1. The van der Waals surface area contributed by atoms with Gasteiger partial charge in [-0.3, -0.25) is 4.79 Å². The third-order valence-corrected chi connectivity index (χ3v) is 3.44. The van der Waals surface area contributed by atoms with Crippen LogP contribution in [0.2, 0.25) is 0 Å². The van der Waals surface area contributed by atoms with E-state index in [1.165, 1.54) is 0 Å². The predicted octanol–water partition coefficient (Wildman–Crippen LogP) is 0.923. The van der Waals surface area contributed by atoms with Crippen molar-refractivity contribution in [1.29, 1.82) is 0 Å². The van der Waals surface area contributed by atoms with Crippen molar-refractivity contribution in [3.8, 4) is 0 Å². The summed E-state index contributed by atoms with van der Waals surface area (Å²) in [6.07, 6.45) is 0.693. The number of rotatable bonds is 3. The molecule has 4 N–H and O–H groups in total. The summed E-state index contributed by atoms with van der Waals surface area (Å²) in [5.41, 5.74) is 7.71. The molecule has 1 aromatic carbocycles. The van der Waals surface area contributed by atoms with Crippen molar-refractivity contribution in [1.82, 2.24) is 5.32 Å². The van der Waals surface area contributed by atoms with Crippen LogP contribution >= 0.6 is 0 Å². The Labute approximate surface area is 101 Å². The third-order valence-electron chi connectivity index (χ3n) is 3.44. The second kappa shape index (κ2) is 5.29. The molecule has 0 aromatic heterocycles. The molecule has 1 aliphatic rings. The summed E-state index contributed by atoms with van der Waals surface area (Å²) in [4.78, 5) is 11.2. The van der Waals surface area contributed by atoms with Gasteiger partial charge in [0.1, 0.15) is 0 Å². The Morgan fingerprint density at radius 2 is 2.12 bits per heavy atom. The van der Waals surface area contributed by atoms with E-state index in [9.17, 15) is 9.90 Å². The third kappa shape index (κ3) is 2.65. The first-order valence-electron chi connectivity index (χ1n) is 5.95. The molecule has 1 fully saturated rings. The van der Waals surface area contributed by atoms with Crippen molar-refractivity contribution < 1.29 is 9.90 Å². The maximum absolute atomic E-state index is 11.2. The minimum atomic E-state index is -0.695. The molecule has 1 heterocycles. The number of hydrogen-bond donors (Lipinski definition) is 3. The van der Waals surface area contributed by atoms with Gasteiger partial charge < -0.3 is 16.2 Å². The van der Waals surface area contributed by atoms with Gasteiger partial charge in [0.2, 0.25) is 0 Å². The lowest BCUT2D eigenvalue weighted by Gasteiger charge is -2.29. The first kappa shape index (κ1) is 12.1. The lowest BCUT2D eigenvalue weighted by atomic mass is 9.81. The van der Waals surface area contributed by atoms with E-state index in [1.54, 1.807) is 0 Å². The second-order valence-electron chi connectivity index (χ2n) is 4.49. The molecule has 0 bridgehead atoms. The number of piperidine rings is 1. The van der Waals surface area contributed by atoms with Gasteiger partial charge in [-0.25, -0.2) is 0 Å². The van der Waals surface area contributed by atoms with Crippen LogP contribution in [-0.2, 0) is 11.3 Å². The van der Waals surface area contributed by atoms with Crippen LogP contribution in [-0.4, -0.2) is 24.2 Å². The summed E-state index contributed by atoms with van der Waals surface area (Å²) in [6.45, 7) is 2.04. The molecular formula is C13H18N2O2. The fourth-order valence-corrected chi connectivity index (χ4v) is 2.41. The van der Waals surface area contributed by atoms with Crippen molar-refractivity contribution in [2.24, 2.45) is 11.7 Å². The zero-order valence-electron chi connectivity index (χ0n) is 9.73. The highest BCUT2D eigenvalue weighted by molar-refractivity contribution is 5.71. The van der Waals surface area contributed by atoms with Crippen molar-refractivity contribution in [2.75, 3.05) is 13.1 Å². The van der Waals surface area contributed by atoms with Crippen molar-refractivity contribution in [3.63, 3.8) is 0 Å². The number of aliphatic carboxylic acids is 1. The highest BCUT2D eigenvalue weighted by atomic mass is 16.4. The van der Waals surface area contributed by atoms with Gasteiger partial charge in [0.15, 0.2) is 0 Å². The molecule has 0 radical (unpaired) electrons. The number of benzene rings is 1. The number of carboxylic acid groups (broad SMARTS) is 1. The van der Waals surface area contributed by atoms with Crippen molar-refractivity contribution in [2.45, 2.75) is 18.9 Å². The Hall–Kier alpha value is -1.39. The molecule has 4 nitrogen and oxygen atoms in total. The first-order chi connectivity index (χ1) is 8.22. The predicted molar refractivity (Wildman–Crippen MR) is 65.7 cm³/mol. The maximum atomic E-state index is 11.2. The summed E-state index contributed by atoms with van der Waals surface area (Å²) in [5.74, 6) is -0.910. The fraction of sp³-hybridized carbons (Fsp3) is 0.462. The van der Waals surface area contributed by atoms with E-state index in [2.05, 4.69) is 5.32 Å². The van der Waals surface area contributed by atoms with Crippen LogP contribution in [0.3, 0.4) is 0 Å². The van der Waals surface area contributed by atoms with Gasteiger partial charge in [0.25, 0.3) is 0 Å². The molecule has 0 amide bonds. The Bertz CT molecular complexity index is 389. The second-order valence-corrected chi connectivity index (χ2v) is 4.49. The van der Waals surface area contributed by atoms with E-state index in [4.69, 9.17) is 5.73 Å². The highest BCUT2D eigenvalue weighted by Gasteiger charge is 2.31. The van der Waals surface area contributed by atoms with Crippen LogP contribution in [0.1, 0.15) is 23.5 Å². The molecule has 1 saturated heterocycles. The monoisotopic (exact) mass is 234 g/mol. The van der Waals surface area contributed by atoms with Crippen LogP contribution in [0, 0.1) is 5.92 Å². The Balaban J connectivity index is 2.20. The molecule has 92 valence electrons. The molecule has 0 spiro atoms. The van der Waals surface area contributed by atoms with Gasteiger partial charge >= 0.3 is 5.97 Å². The summed E-state index contributed by atoms with van der Waals surface area (Å²) < 4.78 is 0. The van der Waals surface area contributed by atoms with Gasteiger partial charge in [-0.15, -0.1) is 0 Å². The quantitative estimate of drug-likeness (QED) is 0.727. The Morgan fingerprint density at radius 1 is 1.41 bits per heavy atom. The smallest absolute Gasteiger partial charge is 0.307 e. The largest absolute Gasteiger partial charge is 0.481 e. The molecule has 2 atom stereocenters. The number of nitrogens with one attached hydrogen (secondary N) is 1. The van der Waals surface area contributed by atoms with E-state index in [0.29, 0.717) is 13.0 Å². The Morgan fingerprint density at radius 3 is 2.71 bits per heavy atom. The van der Waals surface area contributed by atoms with Gasteiger partial charge in [0.05, 0.1) is 5.92 Å². The van der Waals surface area contributed by atoms with Crippen LogP contribution in [0.15, 0.2) is 24.3 Å². The van der Waals surface area contributed by atoms with E-state index in [1.807, 2.05) is 24.3 Å². The molecule has 1 aliphatic heterocycles. The zero-order chi connectivity index (χ0) is 12.3. The van der Waals surface area contributed by atoms with Gasteiger partial charge in [0, 0.05) is 19.0 Å². The molecule has 2 rings (SSSR count). The summed E-state index contributed by atoms with van der Waals surface area (Å²) in [5, 5.41) is 12.5. The first-order valence-corrected chi connectivity index (χ1v) is 5.95. The Kier molecular flexibility index (Phi) is 3.76. The van der Waals surface area contributed by atoms with E-state index in [-0.39, 0.29) is 11.8 Å². The molecule has 2 unspecified atom stereocenters. The molecule has 17 heavy (non-hydrogen) atoms.